The number of hydrogen-bond donors (Lipinski definition) is 2. The fraction of sp³-hybridized carbons (Fsp3) is 0.667. The Morgan fingerprint density at radius 3 is 2.61 bits per heavy atom. The number of amides is 2. The van der Waals surface area contributed by atoms with Gasteiger partial charge in [-0.1, -0.05) is 50.9 Å². The number of hydrogen-bond acceptors (Lipinski definition) is 4. The van der Waals surface area contributed by atoms with Crippen molar-refractivity contribution in [1.29, 1.82) is 0 Å². The molecule has 3 aliphatic carbocycles. The lowest BCUT2D eigenvalue weighted by atomic mass is 9.43. The highest BCUT2D eigenvalue weighted by Crippen LogP contribution is 2.65. The van der Waals surface area contributed by atoms with Crippen LogP contribution in [0.3, 0.4) is 0 Å². The van der Waals surface area contributed by atoms with Gasteiger partial charge in [0.1, 0.15) is 0 Å². The maximum Gasteiger partial charge on any atom is 0.481 e. The minimum Gasteiger partial charge on any atom is -0.404 e. The molecule has 180 valence electrons. The number of halogens is 2. The van der Waals surface area contributed by atoms with Crippen LogP contribution in [0.5, 0.6) is 0 Å². The zero-order valence-corrected chi connectivity index (χ0v) is 21.4. The van der Waals surface area contributed by atoms with Crippen LogP contribution in [0.1, 0.15) is 64.2 Å². The molecule has 2 amide bonds. The van der Waals surface area contributed by atoms with Gasteiger partial charge in [0, 0.05) is 5.02 Å². The number of carbonyl (C=O) groups is 2. The van der Waals surface area contributed by atoms with Gasteiger partial charge >= 0.3 is 7.12 Å². The highest BCUT2D eigenvalue weighted by atomic mass is 35.5. The first-order valence-electron chi connectivity index (χ1n) is 11.8. The van der Waals surface area contributed by atoms with Crippen LogP contribution in [0.4, 0.5) is 0 Å². The van der Waals surface area contributed by atoms with E-state index in [1.165, 1.54) is 12.5 Å². The van der Waals surface area contributed by atoms with E-state index in [9.17, 15) is 9.59 Å². The average molecular weight is 495 g/mol. The smallest absolute Gasteiger partial charge is 0.404 e. The predicted octanol–water partition coefficient (Wildman–Crippen LogP) is 4.52. The Morgan fingerprint density at radius 2 is 1.94 bits per heavy atom. The Labute approximate surface area is 206 Å². The van der Waals surface area contributed by atoms with Gasteiger partial charge in [0.15, 0.2) is 0 Å². The molecule has 0 aromatic heterocycles. The standard InChI is InChI=1S/C24H33BCl2N2O4/c1-13(2)8-20(25-32-19-10-14-9-18(23(14,3)4)24(19,5)33-25)29-21(30)12-28-22(31)16-11-15(26)6-7-17(16)27/h6-7,11,13-14,18-20H,8-10,12H2,1-5H3,(H,28,31)(H,29,30)/t14-,18-,19-,20-,24-/m0/s1. The van der Waals surface area contributed by atoms with E-state index in [1.54, 1.807) is 12.1 Å². The molecule has 3 saturated carbocycles. The molecule has 5 rings (SSSR count). The second-order valence-corrected chi connectivity index (χ2v) is 11.8. The summed E-state index contributed by atoms with van der Waals surface area (Å²) in [6.07, 6.45) is 2.94. The third-order valence-electron chi connectivity index (χ3n) is 7.95. The van der Waals surface area contributed by atoms with Crippen LogP contribution in [0.25, 0.3) is 0 Å². The van der Waals surface area contributed by atoms with Crippen molar-refractivity contribution in [3.63, 3.8) is 0 Å². The molecule has 0 radical (unpaired) electrons. The van der Waals surface area contributed by atoms with Gasteiger partial charge in [-0.05, 0) is 67.6 Å². The highest BCUT2D eigenvalue weighted by molar-refractivity contribution is 6.48. The fourth-order valence-corrected chi connectivity index (χ4v) is 6.38. The molecule has 1 aromatic carbocycles. The van der Waals surface area contributed by atoms with Crippen molar-refractivity contribution in [3.8, 4) is 0 Å². The first-order chi connectivity index (χ1) is 15.4. The molecule has 5 atom stereocenters. The Bertz CT molecular complexity index is 943. The zero-order chi connectivity index (χ0) is 24.1. The second kappa shape index (κ2) is 9.06. The van der Waals surface area contributed by atoms with Crippen molar-refractivity contribution >= 4 is 42.1 Å². The van der Waals surface area contributed by atoms with Gasteiger partial charge in [0.2, 0.25) is 5.91 Å². The molecule has 1 aromatic rings. The molecule has 0 unspecified atom stereocenters. The monoisotopic (exact) mass is 494 g/mol. The van der Waals surface area contributed by atoms with Crippen molar-refractivity contribution in [2.75, 3.05) is 6.54 Å². The zero-order valence-electron chi connectivity index (χ0n) is 19.9. The summed E-state index contributed by atoms with van der Waals surface area (Å²) < 4.78 is 13.0. The minimum absolute atomic E-state index is 0.0514. The summed E-state index contributed by atoms with van der Waals surface area (Å²) in [7, 11) is -0.500. The van der Waals surface area contributed by atoms with Crippen LogP contribution < -0.4 is 10.6 Å². The van der Waals surface area contributed by atoms with Crippen molar-refractivity contribution < 1.29 is 18.9 Å². The molecule has 6 nitrogen and oxygen atoms in total. The Kier molecular flexibility index (Phi) is 6.82. The lowest BCUT2D eigenvalue weighted by molar-refractivity contribution is -0.199. The molecule has 2 bridgehead atoms. The van der Waals surface area contributed by atoms with Crippen molar-refractivity contribution in [2.45, 2.75) is 71.5 Å². The third-order valence-corrected chi connectivity index (χ3v) is 8.52. The molecule has 2 N–H and O–H groups in total. The third kappa shape index (κ3) is 4.66. The molecule has 33 heavy (non-hydrogen) atoms. The molecule has 1 aliphatic heterocycles. The molecular weight excluding hydrogens is 462 g/mol. The van der Waals surface area contributed by atoms with Crippen LogP contribution in [-0.2, 0) is 14.1 Å². The van der Waals surface area contributed by atoms with Gasteiger partial charge in [-0.25, -0.2) is 0 Å². The molecule has 0 spiro atoms. The Morgan fingerprint density at radius 1 is 1.21 bits per heavy atom. The van der Waals surface area contributed by atoms with Crippen molar-refractivity contribution in [3.05, 3.63) is 33.8 Å². The van der Waals surface area contributed by atoms with Crippen LogP contribution >= 0.6 is 23.2 Å². The Hall–Kier alpha value is -1.28. The first-order valence-corrected chi connectivity index (χ1v) is 12.5. The SMILES string of the molecule is CC(C)C[C@H](NC(=O)CNC(=O)c1cc(Cl)ccc1Cl)B1O[C@H]2C[C@@H]3C[C@@H](C3(C)C)[C@]2(C)O1. The van der Waals surface area contributed by atoms with E-state index in [4.69, 9.17) is 32.5 Å². The van der Waals surface area contributed by atoms with E-state index in [2.05, 4.69) is 45.3 Å². The van der Waals surface area contributed by atoms with E-state index in [0.717, 1.165) is 6.42 Å². The van der Waals surface area contributed by atoms with Gasteiger partial charge in [0.05, 0.1) is 34.8 Å². The molecule has 1 heterocycles. The molecule has 4 fully saturated rings. The predicted molar refractivity (Wildman–Crippen MR) is 130 cm³/mol. The number of carbonyl (C=O) groups excluding carboxylic acids is 2. The largest absolute Gasteiger partial charge is 0.481 e. The molecule has 4 aliphatic rings. The van der Waals surface area contributed by atoms with Gasteiger partial charge in [-0.2, -0.15) is 0 Å². The van der Waals surface area contributed by atoms with Crippen LogP contribution in [0, 0.1) is 23.2 Å². The Balaban J connectivity index is 1.39. The van der Waals surface area contributed by atoms with Crippen LogP contribution in [0.15, 0.2) is 18.2 Å². The van der Waals surface area contributed by atoms with E-state index in [0.29, 0.717) is 29.2 Å². The van der Waals surface area contributed by atoms with Gasteiger partial charge in [0.25, 0.3) is 5.91 Å². The van der Waals surface area contributed by atoms with E-state index in [-0.39, 0.29) is 46.1 Å². The van der Waals surface area contributed by atoms with Gasteiger partial charge in [-0.3, -0.25) is 9.59 Å². The lowest BCUT2D eigenvalue weighted by Gasteiger charge is -2.64. The van der Waals surface area contributed by atoms with Gasteiger partial charge in [-0.15, -0.1) is 0 Å². The van der Waals surface area contributed by atoms with Crippen LogP contribution in [-0.4, -0.2) is 43.1 Å². The summed E-state index contributed by atoms with van der Waals surface area (Å²) in [6, 6.07) is 4.64. The summed E-state index contributed by atoms with van der Waals surface area (Å²) in [5, 5.41) is 6.34. The summed E-state index contributed by atoms with van der Waals surface area (Å²) in [4.78, 5) is 25.2. The topological polar surface area (TPSA) is 76.7 Å². The lowest BCUT2D eigenvalue weighted by Crippen LogP contribution is -2.65. The maximum atomic E-state index is 12.8. The number of nitrogens with one attached hydrogen (secondary N) is 2. The summed E-state index contributed by atoms with van der Waals surface area (Å²) in [6.45, 7) is 10.8. The summed E-state index contributed by atoms with van der Waals surface area (Å²) >= 11 is 12.1. The molecule has 1 saturated heterocycles. The minimum atomic E-state index is -0.500. The van der Waals surface area contributed by atoms with E-state index < -0.39 is 13.0 Å². The molecular formula is C24H33BCl2N2O4. The highest BCUT2D eigenvalue weighted by Gasteiger charge is 2.68. The fourth-order valence-electron chi connectivity index (χ4n) is 6.00. The van der Waals surface area contributed by atoms with Gasteiger partial charge < -0.3 is 19.9 Å². The van der Waals surface area contributed by atoms with E-state index in [1.807, 2.05) is 0 Å². The number of benzene rings is 1. The van der Waals surface area contributed by atoms with E-state index >= 15 is 0 Å². The maximum absolute atomic E-state index is 12.8. The summed E-state index contributed by atoms with van der Waals surface area (Å²) in [5.41, 5.74) is 0.156. The van der Waals surface area contributed by atoms with Crippen LogP contribution in [0.2, 0.25) is 10.0 Å². The number of rotatable bonds is 7. The average Bonchev–Trinajstić information content (AvgIpc) is 3.10. The normalized spacial score (nSPS) is 30.4. The first kappa shape index (κ1) is 24.8. The quantitative estimate of drug-likeness (QED) is 0.546. The van der Waals surface area contributed by atoms with Crippen molar-refractivity contribution in [2.24, 2.45) is 23.2 Å². The summed E-state index contributed by atoms with van der Waals surface area (Å²) in [5.74, 6) is 0.399. The second-order valence-electron chi connectivity index (χ2n) is 10.9. The van der Waals surface area contributed by atoms with Crippen molar-refractivity contribution in [1.82, 2.24) is 10.6 Å². The molecule has 9 heteroatoms.